The second-order valence-corrected chi connectivity index (χ2v) is 8.51. The summed E-state index contributed by atoms with van der Waals surface area (Å²) in [5.74, 6) is 0.315. The van der Waals surface area contributed by atoms with Crippen LogP contribution in [0, 0.1) is 0 Å². The molecule has 0 saturated heterocycles. The van der Waals surface area contributed by atoms with Gasteiger partial charge in [-0.05, 0) is 29.7 Å². The average molecular weight is 396 g/mol. The molecule has 0 bridgehead atoms. The van der Waals surface area contributed by atoms with Crippen LogP contribution in [-0.4, -0.2) is 28.6 Å². The first kappa shape index (κ1) is 20.2. The molecule has 0 spiro atoms. The van der Waals surface area contributed by atoms with Gasteiger partial charge in [0.2, 0.25) is 0 Å². The Morgan fingerprint density at radius 1 is 0.964 bits per heavy atom. The van der Waals surface area contributed by atoms with Crippen LogP contribution in [0.5, 0.6) is 5.75 Å². The maximum Gasteiger partial charge on any atom is 0.268 e. The first-order valence-corrected chi connectivity index (χ1v) is 10.4. The molecule has 2 aromatic rings. The Balaban J connectivity index is 1.91. The van der Waals surface area contributed by atoms with E-state index in [9.17, 15) is 9.59 Å². The summed E-state index contributed by atoms with van der Waals surface area (Å²) in [6, 6.07) is 17.0. The van der Waals surface area contributed by atoms with Crippen molar-refractivity contribution in [2.75, 3.05) is 6.61 Å². The molecule has 0 saturated carbocycles. The number of rotatable bonds is 8. The highest BCUT2D eigenvalue weighted by Gasteiger charge is 2.39. The Bertz CT molecular complexity index is 872. The molecule has 28 heavy (non-hydrogen) atoms. The number of benzene rings is 2. The van der Waals surface area contributed by atoms with Crippen LogP contribution >= 0.6 is 11.8 Å². The number of thioether (sulfide) groups is 1. The van der Waals surface area contributed by atoms with E-state index >= 15 is 0 Å². The minimum Gasteiger partial charge on any atom is -0.494 e. The minimum atomic E-state index is -0.237. The van der Waals surface area contributed by atoms with Crippen LogP contribution in [-0.2, 0) is 16.1 Å². The van der Waals surface area contributed by atoms with Crippen molar-refractivity contribution in [1.29, 1.82) is 0 Å². The molecule has 3 rings (SSSR count). The van der Waals surface area contributed by atoms with Gasteiger partial charge in [-0.15, -0.1) is 11.8 Å². The summed E-state index contributed by atoms with van der Waals surface area (Å²) in [5, 5.41) is 0.200. The van der Waals surface area contributed by atoms with Gasteiger partial charge in [-0.25, -0.2) is 0 Å². The fourth-order valence-corrected chi connectivity index (χ4v) is 4.01. The second kappa shape index (κ2) is 9.11. The van der Waals surface area contributed by atoms with Crippen molar-refractivity contribution in [2.24, 2.45) is 0 Å². The number of hydrogen-bond donors (Lipinski definition) is 0. The van der Waals surface area contributed by atoms with E-state index in [1.54, 1.807) is 0 Å². The van der Waals surface area contributed by atoms with Crippen molar-refractivity contribution in [3.05, 3.63) is 70.6 Å². The van der Waals surface area contributed by atoms with Crippen LogP contribution in [0.4, 0.5) is 0 Å². The van der Waals surface area contributed by atoms with Gasteiger partial charge in [0.05, 0.1) is 23.6 Å². The van der Waals surface area contributed by atoms with E-state index in [-0.39, 0.29) is 23.6 Å². The molecule has 1 aliphatic heterocycles. The molecule has 0 atom stereocenters. The zero-order valence-electron chi connectivity index (χ0n) is 16.5. The first-order valence-electron chi connectivity index (χ1n) is 9.55. The van der Waals surface area contributed by atoms with Crippen molar-refractivity contribution in [2.45, 2.75) is 39.0 Å². The molecule has 146 valence electrons. The lowest BCUT2D eigenvalue weighted by Crippen LogP contribution is -2.31. The molecular weight excluding hydrogens is 370 g/mol. The average Bonchev–Trinajstić information content (AvgIpc) is 2.91. The van der Waals surface area contributed by atoms with E-state index in [2.05, 4.69) is 6.92 Å². The lowest BCUT2D eigenvalue weighted by molar-refractivity contribution is -0.137. The molecule has 4 nitrogen and oxygen atoms in total. The van der Waals surface area contributed by atoms with E-state index in [0.29, 0.717) is 17.1 Å². The Kier molecular flexibility index (Phi) is 6.57. The Morgan fingerprint density at radius 2 is 1.64 bits per heavy atom. The van der Waals surface area contributed by atoms with Gasteiger partial charge in [0.15, 0.2) is 0 Å². The van der Waals surface area contributed by atoms with Crippen molar-refractivity contribution in [3.8, 4) is 5.75 Å². The summed E-state index contributed by atoms with van der Waals surface area (Å²) < 4.78 is 5.63. The van der Waals surface area contributed by atoms with E-state index in [0.717, 1.165) is 23.3 Å². The molecule has 5 heteroatoms. The fourth-order valence-electron chi connectivity index (χ4n) is 3.00. The Hall–Kier alpha value is -2.53. The van der Waals surface area contributed by atoms with E-state index in [1.165, 1.54) is 16.7 Å². The summed E-state index contributed by atoms with van der Waals surface area (Å²) in [7, 11) is 0. The number of ether oxygens (including phenoxy) is 1. The number of amides is 2. The lowest BCUT2D eigenvalue weighted by atomic mass is 10.1. The van der Waals surface area contributed by atoms with E-state index in [1.807, 2.05) is 68.4 Å². The zero-order valence-corrected chi connectivity index (χ0v) is 17.3. The topological polar surface area (TPSA) is 46.6 Å². The summed E-state index contributed by atoms with van der Waals surface area (Å²) in [5.41, 5.74) is 2.17. The zero-order chi connectivity index (χ0) is 20.1. The van der Waals surface area contributed by atoms with Gasteiger partial charge in [-0.2, -0.15) is 0 Å². The van der Waals surface area contributed by atoms with Gasteiger partial charge in [0.1, 0.15) is 5.75 Å². The molecule has 2 amide bonds. The third-order valence-corrected chi connectivity index (χ3v) is 5.36. The van der Waals surface area contributed by atoms with Gasteiger partial charge >= 0.3 is 0 Å². The molecule has 0 radical (unpaired) electrons. The van der Waals surface area contributed by atoms with Crippen molar-refractivity contribution < 1.29 is 14.3 Å². The predicted octanol–water partition coefficient (Wildman–Crippen LogP) is 4.90. The number of nitrogens with zero attached hydrogens (tertiary/aromatic N) is 1. The number of carbonyl (C=O) groups is 2. The van der Waals surface area contributed by atoms with E-state index in [4.69, 9.17) is 4.74 Å². The maximum absolute atomic E-state index is 13.2. The summed E-state index contributed by atoms with van der Waals surface area (Å²) in [6.45, 7) is 7.03. The van der Waals surface area contributed by atoms with Crippen molar-refractivity contribution >= 4 is 29.1 Å². The smallest absolute Gasteiger partial charge is 0.268 e. The van der Waals surface area contributed by atoms with Crippen LogP contribution in [0.25, 0.3) is 5.57 Å². The molecular formula is C23H25NO3S. The van der Waals surface area contributed by atoms with E-state index < -0.39 is 0 Å². The predicted molar refractivity (Wildman–Crippen MR) is 114 cm³/mol. The number of carbonyl (C=O) groups excluding carboxylic acids is 2. The van der Waals surface area contributed by atoms with Gasteiger partial charge in [-0.1, -0.05) is 63.2 Å². The normalized spacial score (nSPS) is 14.4. The lowest BCUT2D eigenvalue weighted by Gasteiger charge is -2.15. The van der Waals surface area contributed by atoms with Crippen molar-refractivity contribution in [1.82, 2.24) is 4.90 Å². The molecule has 1 heterocycles. The van der Waals surface area contributed by atoms with Gasteiger partial charge < -0.3 is 4.74 Å². The Labute approximate surface area is 170 Å². The van der Waals surface area contributed by atoms with Crippen LogP contribution < -0.4 is 4.74 Å². The quantitative estimate of drug-likeness (QED) is 0.597. The fraction of sp³-hybridized carbons (Fsp3) is 0.304. The number of hydrogen-bond acceptors (Lipinski definition) is 4. The van der Waals surface area contributed by atoms with Gasteiger partial charge in [0.25, 0.3) is 11.8 Å². The second-order valence-electron chi connectivity index (χ2n) is 6.93. The number of imide groups is 1. The third-order valence-electron chi connectivity index (χ3n) is 4.28. The minimum absolute atomic E-state index is 0.200. The monoisotopic (exact) mass is 395 g/mol. The van der Waals surface area contributed by atoms with Crippen LogP contribution in [0.1, 0.15) is 38.3 Å². The van der Waals surface area contributed by atoms with Crippen LogP contribution in [0.2, 0.25) is 0 Å². The van der Waals surface area contributed by atoms with Crippen LogP contribution in [0.3, 0.4) is 0 Å². The maximum atomic E-state index is 13.2. The van der Waals surface area contributed by atoms with Gasteiger partial charge in [-0.3, -0.25) is 14.5 Å². The first-order chi connectivity index (χ1) is 13.5. The van der Waals surface area contributed by atoms with Crippen LogP contribution in [0.15, 0.2) is 59.5 Å². The molecule has 2 aromatic carbocycles. The summed E-state index contributed by atoms with van der Waals surface area (Å²) in [6.07, 6.45) is 0.934. The highest BCUT2D eigenvalue weighted by Crippen LogP contribution is 2.38. The molecule has 0 unspecified atom stereocenters. The van der Waals surface area contributed by atoms with Gasteiger partial charge in [0, 0.05) is 5.25 Å². The highest BCUT2D eigenvalue weighted by molar-refractivity contribution is 8.04. The molecule has 0 fully saturated rings. The molecule has 0 aliphatic carbocycles. The highest BCUT2D eigenvalue weighted by atomic mass is 32.2. The summed E-state index contributed by atoms with van der Waals surface area (Å²) >= 11 is 1.45. The molecule has 0 aromatic heterocycles. The molecule has 0 N–H and O–H groups in total. The third kappa shape index (κ3) is 4.47. The standard InChI is InChI=1S/C23H25NO3S/c1-4-14-27-19-12-10-18(11-13-19)20-21(28-16(2)3)23(26)24(22(20)25)15-17-8-6-5-7-9-17/h5-13,16H,4,14-15H2,1-3H3. The summed E-state index contributed by atoms with van der Waals surface area (Å²) in [4.78, 5) is 28.1. The Morgan fingerprint density at radius 3 is 2.25 bits per heavy atom. The SMILES string of the molecule is CCCOc1ccc(C2=C(SC(C)C)C(=O)N(Cc3ccccc3)C2=O)cc1. The largest absolute Gasteiger partial charge is 0.494 e. The molecule has 1 aliphatic rings. The van der Waals surface area contributed by atoms with Crippen molar-refractivity contribution in [3.63, 3.8) is 0 Å².